The smallest absolute Gasteiger partial charge is 0.244 e. The summed E-state index contributed by atoms with van der Waals surface area (Å²) in [7, 11) is 1.72. The third-order valence-corrected chi connectivity index (χ3v) is 3.74. The number of benzene rings is 1. The average molecular weight is 324 g/mol. The minimum absolute atomic E-state index is 0.0818. The van der Waals surface area contributed by atoms with Gasteiger partial charge in [0.05, 0.1) is 12.1 Å². The zero-order valence-electron chi connectivity index (χ0n) is 10.5. The van der Waals surface area contributed by atoms with Crippen LogP contribution in [0.1, 0.15) is 18.4 Å². The molecule has 0 radical (unpaired) electrons. The molecule has 1 aliphatic rings. The number of halogens is 1. The van der Waals surface area contributed by atoms with Crippen LogP contribution < -0.4 is 5.32 Å². The van der Waals surface area contributed by atoms with Gasteiger partial charge in [0, 0.05) is 23.7 Å². The summed E-state index contributed by atoms with van der Waals surface area (Å²) < 4.78 is 11.6. The van der Waals surface area contributed by atoms with Gasteiger partial charge in [-0.25, -0.2) is 0 Å². The number of nitrogens with zero attached hydrogens (tertiary/aromatic N) is 2. The first-order valence-electron chi connectivity index (χ1n) is 6.12. The van der Waals surface area contributed by atoms with E-state index in [-0.39, 0.29) is 12.1 Å². The van der Waals surface area contributed by atoms with Crippen LogP contribution in [-0.4, -0.2) is 29.9 Å². The summed E-state index contributed by atoms with van der Waals surface area (Å²) in [6, 6.07) is 7.92. The van der Waals surface area contributed by atoms with E-state index in [0.29, 0.717) is 11.7 Å². The number of aromatic nitrogens is 2. The molecule has 0 saturated carbocycles. The van der Waals surface area contributed by atoms with E-state index in [9.17, 15) is 0 Å². The van der Waals surface area contributed by atoms with Crippen LogP contribution in [-0.2, 0) is 4.74 Å². The van der Waals surface area contributed by atoms with Crippen molar-refractivity contribution in [3.8, 4) is 11.4 Å². The van der Waals surface area contributed by atoms with Gasteiger partial charge in [0.15, 0.2) is 0 Å². The van der Waals surface area contributed by atoms with Gasteiger partial charge in [-0.2, -0.15) is 4.98 Å². The molecule has 1 aromatic heterocycles. The number of rotatable bonds is 3. The summed E-state index contributed by atoms with van der Waals surface area (Å²) in [5.74, 6) is 1.23. The molecule has 0 bridgehead atoms. The maximum Gasteiger partial charge on any atom is 0.244 e. The minimum Gasteiger partial charge on any atom is -0.380 e. The van der Waals surface area contributed by atoms with Crippen LogP contribution in [0, 0.1) is 0 Å². The fourth-order valence-corrected chi connectivity index (χ4v) is 2.59. The molecule has 2 heterocycles. The average Bonchev–Trinajstić information content (AvgIpc) is 3.07. The highest BCUT2D eigenvalue weighted by molar-refractivity contribution is 9.10. The molecule has 1 aromatic carbocycles. The molecule has 0 amide bonds. The molecule has 1 saturated heterocycles. The third-order valence-electron chi connectivity index (χ3n) is 3.25. The second kappa shape index (κ2) is 5.40. The Morgan fingerprint density at radius 1 is 1.47 bits per heavy atom. The molecule has 5 nitrogen and oxygen atoms in total. The van der Waals surface area contributed by atoms with Crippen molar-refractivity contribution < 1.29 is 9.26 Å². The van der Waals surface area contributed by atoms with Crippen molar-refractivity contribution in [1.29, 1.82) is 0 Å². The Balaban J connectivity index is 1.80. The van der Waals surface area contributed by atoms with Crippen molar-refractivity contribution in [2.75, 3.05) is 13.7 Å². The van der Waals surface area contributed by atoms with Gasteiger partial charge in [0.25, 0.3) is 0 Å². The maximum atomic E-state index is 5.34. The van der Waals surface area contributed by atoms with Gasteiger partial charge in [0.1, 0.15) is 0 Å². The molecule has 1 N–H and O–H groups in total. The second-order valence-corrected chi connectivity index (χ2v) is 5.44. The van der Waals surface area contributed by atoms with E-state index >= 15 is 0 Å². The van der Waals surface area contributed by atoms with Gasteiger partial charge in [-0.15, -0.1) is 0 Å². The van der Waals surface area contributed by atoms with Crippen LogP contribution in [0.2, 0.25) is 0 Å². The highest BCUT2D eigenvalue weighted by Gasteiger charge is 2.29. The summed E-state index contributed by atoms with van der Waals surface area (Å²) in [6.07, 6.45) is 1.07. The molecule has 19 heavy (non-hydrogen) atoms. The summed E-state index contributed by atoms with van der Waals surface area (Å²) in [6.45, 7) is 0.815. The Morgan fingerprint density at radius 2 is 2.37 bits per heavy atom. The standard InChI is InChI=1S/C13H14BrN3O2/c1-18-10-6-11(15-7-10)13-16-12(17-19-13)8-3-2-4-9(14)5-8/h2-5,10-11,15H,6-7H2,1H3. The summed E-state index contributed by atoms with van der Waals surface area (Å²) in [5.41, 5.74) is 0.936. The van der Waals surface area contributed by atoms with Crippen LogP contribution in [0.3, 0.4) is 0 Å². The first-order valence-corrected chi connectivity index (χ1v) is 6.91. The lowest BCUT2D eigenvalue weighted by Gasteiger charge is -2.04. The zero-order chi connectivity index (χ0) is 13.2. The molecule has 1 aliphatic heterocycles. The van der Waals surface area contributed by atoms with Crippen molar-refractivity contribution in [3.05, 3.63) is 34.6 Å². The van der Waals surface area contributed by atoms with E-state index < -0.39 is 0 Å². The Bertz CT molecular complexity index is 573. The minimum atomic E-state index is 0.0818. The van der Waals surface area contributed by atoms with Crippen LogP contribution in [0.15, 0.2) is 33.3 Å². The van der Waals surface area contributed by atoms with E-state index in [1.54, 1.807) is 7.11 Å². The molecule has 2 atom stereocenters. The monoisotopic (exact) mass is 323 g/mol. The van der Waals surface area contributed by atoms with Crippen LogP contribution in [0.4, 0.5) is 0 Å². The molecule has 0 aliphatic carbocycles. The Hall–Kier alpha value is -1.24. The largest absolute Gasteiger partial charge is 0.380 e. The first kappa shape index (κ1) is 12.8. The van der Waals surface area contributed by atoms with Gasteiger partial charge in [-0.3, -0.25) is 0 Å². The van der Waals surface area contributed by atoms with Gasteiger partial charge in [-0.05, 0) is 18.6 Å². The van der Waals surface area contributed by atoms with E-state index in [1.165, 1.54) is 0 Å². The Kier molecular flexibility index (Phi) is 3.63. The van der Waals surface area contributed by atoms with E-state index in [1.807, 2.05) is 24.3 Å². The summed E-state index contributed by atoms with van der Waals surface area (Å²) in [4.78, 5) is 4.46. The molecule has 2 unspecified atom stereocenters. The van der Waals surface area contributed by atoms with Crippen molar-refractivity contribution in [3.63, 3.8) is 0 Å². The summed E-state index contributed by atoms with van der Waals surface area (Å²) >= 11 is 3.43. The first-order chi connectivity index (χ1) is 9.26. The van der Waals surface area contributed by atoms with Crippen molar-refractivity contribution in [2.45, 2.75) is 18.6 Å². The predicted molar refractivity (Wildman–Crippen MR) is 73.6 cm³/mol. The lowest BCUT2D eigenvalue weighted by Crippen LogP contribution is -2.16. The molecule has 100 valence electrons. The number of hydrogen-bond donors (Lipinski definition) is 1. The number of methoxy groups -OCH3 is 1. The highest BCUT2D eigenvalue weighted by Crippen LogP contribution is 2.26. The molecule has 3 rings (SSSR count). The highest BCUT2D eigenvalue weighted by atomic mass is 79.9. The van der Waals surface area contributed by atoms with E-state index in [2.05, 4.69) is 31.4 Å². The Labute approximate surface area is 119 Å². The van der Waals surface area contributed by atoms with E-state index in [0.717, 1.165) is 23.0 Å². The molecular formula is C13H14BrN3O2. The molecule has 1 fully saturated rings. The van der Waals surface area contributed by atoms with Gasteiger partial charge < -0.3 is 14.6 Å². The van der Waals surface area contributed by atoms with Gasteiger partial charge in [0.2, 0.25) is 11.7 Å². The van der Waals surface area contributed by atoms with Crippen LogP contribution >= 0.6 is 15.9 Å². The van der Waals surface area contributed by atoms with Gasteiger partial charge >= 0.3 is 0 Å². The fraction of sp³-hybridized carbons (Fsp3) is 0.385. The third kappa shape index (κ3) is 2.70. The molecular weight excluding hydrogens is 310 g/mol. The molecule has 6 heteroatoms. The van der Waals surface area contributed by atoms with Crippen molar-refractivity contribution in [2.24, 2.45) is 0 Å². The number of hydrogen-bond acceptors (Lipinski definition) is 5. The van der Waals surface area contributed by atoms with Crippen LogP contribution in [0.5, 0.6) is 0 Å². The Morgan fingerprint density at radius 3 is 3.11 bits per heavy atom. The zero-order valence-corrected chi connectivity index (χ0v) is 12.1. The number of nitrogens with one attached hydrogen (secondary N) is 1. The maximum absolute atomic E-state index is 5.34. The number of ether oxygens (including phenoxy) is 1. The van der Waals surface area contributed by atoms with Crippen molar-refractivity contribution in [1.82, 2.24) is 15.5 Å². The fourth-order valence-electron chi connectivity index (χ4n) is 2.19. The normalized spacial score (nSPS) is 22.8. The molecule has 0 spiro atoms. The topological polar surface area (TPSA) is 60.2 Å². The SMILES string of the molecule is COC1CNC(c2nc(-c3cccc(Br)c3)no2)C1. The summed E-state index contributed by atoms with van der Waals surface area (Å²) in [5, 5.41) is 7.35. The van der Waals surface area contributed by atoms with E-state index in [4.69, 9.17) is 9.26 Å². The molecule has 2 aromatic rings. The lowest BCUT2D eigenvalue weighted by molar-refractivity contribution is 0.116. The predicted octanol–water partition coefficient (Wildman–Crippen LogP) is 2.55. The lowest BCUT2D eigenvalue weighted by atomic mass is 10.2. The van der Waals surface area contributed by atoms with Crippen LogP contribution in [0.25, 0.3) is 11.4 Å². The van der Waals surface area contributed by atoms with Gasteiger partial charge in [-0.1, -0.05) is 33.2 Å². The second-order valence-electron chi connectivity index (χ2n) is 4.52. The van der Waals surface area contributed by atoms with Crippen molar-refractivity contribution >= 4 is 15.9 Å². The quantitative estimate of drug-likeness (QED) is 0.940.